The monoisotopic (exact) mass is 364 g/mol. The fourth-order valence-corrected chi connectivity index (χ4v) is 3.96. The highest BCUT2D eigenvalue weighted by Gasteiger charge is 2.40. The summed E-state index contributed by atoms with van der Waals surface area (Å²) < 4.78 is 0. The van der Waals surface area contributed by atoms with Crippen molar-refractivity contribution < 1.29 is 19.5 Å². The molecule has 2 atom stereocenters. The van der Waals surface area contributed by atoms with E-state index < -0.39 is 11.9 Å². The molecule has 0 radical (unpaired) electrons. The highest BCUT2D eigenvalue weighted by atomic mass is 16.4. The first-order valence-corrected chi connectivity index (χ1v) is 9.03. The number of amides is 2. The molecule has 6 nitrogen and oxygen atoms in total. The number of anilines is 1. The van der Waals surface area contributed by atoms with Crippen molar-refractivity contribution in [2.75, 3.05) is 18.4 Å². The molecule has 2 aliphatic heterocycles. The predicted molar refractivity (Wildman–Crippen MR) is 99.6 cm³/mol. The molecule has 2 heterocycles. The standard InChI is InChI=1S/C21H20N2O4/c24-19-9-7-14-10-15(6-8-18(14)22-19)20(25)23-11-16(17(12-23)21(26)27)13-4-2-1-3-5-13/h1-6,8,10,16-17H,7,9,11-12H2,(H,22,24)(H,26,27). The largest absolute Gasteiger partial charge is 0.481 e. The highest BCUT2D eigenvalue weighted by molar-refractivity contribution is 5.98. The Balaban J connectivity index is 1.57. The van der Waals surface area contributed by atoms with Crippen LogP contribution in [-0.2, 0) is 16.0 Å². The Hall–Kier alpha value is -3.15. The van der Waals surface area contributed by atoms with E-state index in [4.69, 9.17) is 0 Å². The number of carbonyl (C=O) groups is 3. The van der Waals surface area contributed by atoms with Gasteiger partial charge in [0.1, 0.15) is 0 Å². The molecule has 2 aromatic carbocycles. The smallest absolute Gasteiger partial charge is 0.308 e. The maximum atomic E-state index is 13.0. The molecule has 2 aliphatic rings. The second-order valence-corrected chi connectivity index (χ2v) is 7.09. The Bertz CT molecular complexity index is 910. The second kappa shape index (κ2) is 6.87. The first-order valence-electron chi connectivity index (χ1n) is 9.03. The van der Waals surface area contributed by atoms with Crippen molar-refractivity contribution in [2.45, 2.75) is 18.8 Å². The van der Waals surface area contributed by atoms with Crippen LogP contribution in [0.5, 0.6) is 0 Å². The Morgan fingerprint density at radius 2 is 1.81 bits per heavy atom. The average molecular weight is 364 g/mol. The molecule has 6 heteroatoms. The SMILES string of the molecule is O=C1CCc2cc(C(=O)N3CC(C(=O)O)C(c4ccccc4)C3)ccc2N1. The lowest BCUT2D eigenvalue weighted by atomic mass is 9.89. The summed E-state index contributed by atoms with van der Waals surface area (Å²) in [5.41, 5.74) is 3.15. The molecule has 0 aliphatic carbocycles. The molecule has 2 amide bonds. The molecule has 2 unspecified atom stereocenters. The molecule has 0 bridgehead atoms. The summed E-state index contributed by atoms with van der Waals surface area (Å²) in [7, 11) is 0. The van der Waals surface area contributed by atoms with Gasteiger partial charge >= 0.3 is 5.97 Å². The summed E-state index contributed by atoms with van der Waals surface area (Å²) in [5, 5.41) is 12.4. The van der Waals surface area contributed by atoms with E-state index in [2.05, 4.69) is 5.32 Å². The second-order valence-electron chi connectivity index (χ2n) is 7.09. The number of aliphatic carboxylic acids is 1. The number of aryl methyl sites for hydroxylation is 1. The van der Waals surface area contributed by atoms with Gasteiger partial charge in [0.25, 0.3) is 5.91 Å². The van der Waals surface area contributed by atoms with E-state index in [0.29, 0.717) is 24.9 Å². The number of nitrogens with one attached hydrogen (secondary N) is 1. The van der Waals surface area contributed by atoms with Gasteiger partial charge in [-0.15, -0.1) is 0 Å². The fourth-order valence-electron chi connectivity index (χ4n) is 3.96. The van der Waals surface area contributed by atoms with Crippen LogP contribution in [0.1, 0.15) is 33.8 Å². The molecular formula is C21H20N2O4. The van der Waals surface area contributed by atoms with Crippen LogP contribution < -0.4 is 5.32 Å². The van der Waals surface area contributed by atoms with Gasteiger partial charge in [0.2, 0.25) is 5.91 Å². The lowest BCUT2D eigenvalue weighted by molar-refractivity contribution is -0.141. The predicted octanol–water partition coefficient (Wildman–Crippen LogP) is 2.51. The third-order valence-electron chi connectivity index (χ3n) is 5.40. The summed E-state index contributed by atoms with van der Waals surface area (Å²) in [4.78, 5) is 37.8. The van der Waals surface area contributed by atoms with Crippen LogP contribution in [-0.4, -0.2) is 40.9 Å². The number of nitrogens with zero attached hydrogens (tertiary/aromatic N) is 1. The van der Waals surface area contributed by atoms with E-state index in [-0.39, 0.29) is 24.3 Å². The van der Waals surface area contributed by atoms with Gasteiger partial charge in [0.15, 0.2) is 0 Å². The van der Waals surface area contributed by atoms with E-state index in [0.717, 1.165) is 16.8 Å². The number of likely N-dealkylation sites (tertiary alicyclic amines) is 1. The molecule has 1 fully saturated rings. The van der Waals surface area contributed by atoms with Crippen molar-refractivity contribution in [3.63, 3.8) is 0 Å². The number of carboxylic acids is 1. The number of benzene rings is 2. The first-order chi connectivity index (χ1) is 13.0. The minimum Gasteiger partial charge on any atom is -0.481 e. The number of hydrogen-bond acceptors (Lipinski definition) is 3. The number of fused-ring (bicyclic) bond motifs is 1. The van der Waals surface area contributed by atoms with Gasteiger partial charge < -0.3 is 15.3 Å². The molecule has 138 valence electrons. The molecule has 2 N–H and O–H groups in total. The third kappa shape index (κ3) is 3.30. The van der Waals surface area contributed by atoms with E-state index in [1.54, 1.807) is 17.0 Å². The van der Waals surface area contributed by atoms with Gasteiger partial charge in [-0.1, -0.05) is 30.3 Å². The number of hydrogen-bond donors (Lipinski definition) is 2. The van der Waals surface area contributed by atoms with E-state index in [9.17, 15) is 19.5 Å². The third-order valence-corrected chi connectivity index (χ3v) is 5.40. The molecule has 2 aromatic rings. The molecular weight excluding hydrogens is 344 g/mol. The van der Waals surface area contributed by atoms with Crippen LogP contribution in [0.3, 0.4) is 0 Å². The lowest BCUT2D eigenvalue weighted by Crippen LogP contribution is -2.30. The highest BCUT2D eigenvalue weighted by Crippen LogP contribution is 2.34. The maximum Gasteiger partial charge on any atom is 0.308 e. The minimum atomic E-state index is -0.882. The molecule has 4 rings (SSSR count). The van der Waals surface area contributed by atoms with Gasteiger partial charge in [0.05, 0.1) is 5.92 Å². The summed E-state index contributed by atoms with van der Waals surface area (Å²) in [6, 6.07) is 14.7. The van der Waals surface area contributed by atoms with E-state index >= 15 is 0 Å². The van der Waals surface area contributed by atoms with Crippen molar-refractivity contribution in [1.29, 1.82) is 0 Å². The molecule has 0 aromatic heterocycles. The topological polar surface area (TPSA) is 86.7 Å². The van der Waals surface area contributed by atoms with Crippen molar-refractivity contribution in [2.24, 2.45) is 5.92 Å². The quantitative estimate of drug-likeness (QED) is 0.876. The lowest BCUT2D eigenvalue weighted by Gasteiger charge is -2.20. The summed E-state index contributed by atoms with van der Waals surface area (Å²) >= 11 is 0. The van der Waals surface area contributed by atoms with Crippen LogP contribution in [0, 0.1) is 5.92 Å². The van der Waals surface area contributed by atoms with Crippen molar-refractivity contribution >= 4 is 23.5 Å². The first kappa shape index (κ1) is 17.3. The van der Waals surface area contributed by atoms with Gasteiger partial charge in [-0.3, -0.25) is 14.4 Å². The average Bonchev–Trinajstić information content (AvgIpc) is 3.13. The van der Waals surface area contributed by atoms with Gasteiger partial charge in [-0.05, 0) is 35.7 Å². The van der Waals surface area contributed by atoms with Crippen LogP contribution in [0.4, 0.5) is 5.69 Å². The van der Waals surface area contributed by atoms with Crippen molar-refractivity contribution in [3.8, 4) is 0 Å². The number of carboxylic acid groups (broad SMARTS) is 1. The fraction of sp³-hybridized carbons (Fsp3) is 0.286. The molecule has 0 saturated carbocycles. The van der Waals surface area contributed by atoms with E-state index in [1.165, 1.54) is 0 Å². The molecule has 1 saturated heterocycles. The van der Waals surface area contributed by atoms with Crippen LogP contribution in [0.2, 0.25) is 0 Å². The van der Waals surface area contributed by atoms with Crippen molar-refractivity contribution in [1.82, 2.24) is 4.90 Å². The summed E-state index contributed by atoms with van der Waals surface area (Å²) in [6.45, 7) is 0.579. The summed E-state index contributed by atoms with van der Waals surface area (Å²) in [5.74, 6) is -1.90. The van der Waals surface area contributed by atoms with Crippen molar-refractivity contribution in [3.05, 3.63) is 65.2 Å². The van der Waals surface area contributed by atoms with Gasteiger partial charge in [0, 0.05) is 36.7 Å². The molecule has 0 spiro atoms. The minimum absolute atomic E-state index is 0.0175. The zero-order valence-corrected chi connectivity index (χ0v) is 14.7. The Kier molecular flexibility index (Phi) is 4.39. The number of rotatable bonds is 3. The van der Waals surface area contributed by atoms with E-state index in [1.807, 2.05) is 36.4 Å². The van der Waals surface area contributed by atoms with Gasteiger partial charge in [-0.25, -0.2) is 0 Å². The number of carbonyl (C=O) groups excluding carboxylic acids is 2. The Morgan fingerprint density at radius 1 is 1.04 bits per heavy atom. The Labute approximate surface area is 156 Å². The normalized spacial score (nSPS) is 21.5. The van der Waals surface area contributed by atoms with Crippen LogP contribution in [0.25, 0.3) is 0 Å². The van der Waals surface area contributed by atoms with Gasteiger partial charge in [-0.2, -0.15) is 0 Å². The Morgan fingerprint density at radius 3 is 2.56 bits per heavy atom. The maximum absolute atomic E-state index is 13.0. The zero-order valence-electron chi connectivity index (χ0n) is 14.7. The van der Waals surface area contributed by atoms with Crippen LogP contribution in [0.15, 0.2) is 48.5 Å². The zero-order chi connectivity index (χ0) is 19.0. The summed E-state index contributed by atoms with van der Waals surface area (Å²) in [6.07, 6.45) is 1.01. The molecule has 27 heavy (non-hydrogen) atoms. The van der Waals surface area contributed by atoms with Crippen LogP contribution >= 0.6 is 0 Å².